The Balaban J connectivity index is 1.85. The standard InChI is InChI=1S/C18H28N4O2/c1-20(2)17(24)18(22-13-7-11-19-22)10-6-12-21(14-18)16(23)15-8-4-3-5-9-15/h7,11,13,15H,3-6,8-10,12,14H2,1-2H3. The third-order valence-electron chi connectivity index (χ3n) is 5.48. The predicted molar refractivity (Wildman–Crippen MR) is 91.3 cm³/mol. The van der Waals surface area contributed by atoms with Gasteiger partial charge in [0.05, 0.1) is 6.54 Å². The molecule has 1 saturated heterocycles. The lowest BCUT2D eigenvalue weighted by atomic mass is 9.84. The lowest BCUT2D eigenvalue weighted by molar-refractivity contribution is -0.148. The molecule has 0 bridgehead atoms. The molecule has 1 unspecified atom stereocenters. The number of likely N-dealkylation sites (N-methyl/N-ethyl adjacent to an activating group) is 1. The van der Waals surface area contributed by atoms with Crippen molar-refractivity contribution in [3.63, 3.8) is 0 Å². The van der Waals surface area contributed by atoms with Crippen molar-refractivity contribution in [2.24, 2.45) is 5.92 Å². The molecule has 24 heavy (non-hydrogen) atoms. The Morgan fingerprint density at radius 1 is 1.17 bits per heavy atom. The zero-order valence-electron chi connectivity index (χ0n) is 14.8. The van der Waals surface area contributed by atoms with Gasteiger partial charge in [-0.3, -0.25) is 14.3 Å². The van der Waals surface area contributed by atoms with E-state index in [4.69, 9.17) is 0 Å². The van der Waals surface area contributed by atoms with Gasteiger partial charge in [-0.05, 0) is 31.7 Å². The Morgan fingerprint density at radius 3 is 2.54 bits per heavy atom. The monoisotopic (exact) mass is 332 g/mol. The van der Waals surface area contributed by atoms with E-state index < -0.39 is 5.54 Å². The highest BCUT2D eigenvalue weighted by Crippen LogP contribution is 2.33. The van der Waals surface area contributed by atoms with Crippen LogP contribution in [0.2, 0.25) is 0 Å². The van der Waals surface area contributed by atoms with Crippen molar-refractivity contribution in [1.82, 2.24) is 19.6 Å². The van der Waals surface area contributed by atoms with Crippen LogP contribution in [-0.4, -0.2) is 58.6 Å². The van der Waals surface area contributed by atoms with Crippen LogP contribution in [0.3, 0.4) is 0 Å². The van der Waals surface area contributed by atoms with Crippen LogP contribution in [0.15, 0.2) is 18.5 Å². The van der Waals surface area contributed by atoms with Gasteiger partial charge in [0.25, 0.3) is 5.91 Å². The summed E-state index contributed by atoms with van der Waals surface area (Å²) >= 11 is 0. The van der Waals surface area contributed by atoms with Crippen LogP contribution in [0.4, 0.5) is 0 Å². The average Bonchev–Trinajstić information content (AvgIpc) is 3.16. The van der Waals surface area contributed by atoms with Gasteiger partial charge in [0.2, 0.25) is 5.91 Å². The van der Waals surface area contributed by atoms with Crippen LogP contribution in [0.5, 0.6) is 0 Å². The molecular weight excluding hydrogens is 304 g/mol. The van der Waals surface area contributed by atoms with Gasteiger partial charge in [-0.1, -0.05) is 19.3 Å². The van der Waals surface area contributed by atoms with Crippen molar-refractivity contribution in [1.29, 1.82) is 0 Å². The minimum atomic E-state index is -0.768. The molecule has 3 rings (SSSR count). The number of hydrogen-bond acceptors (Lipinski definition) is 3. The van der Waals surface area contributed by atoms with Crippen LogP contribution in [0.1, 0.15) is 44.9 Å². The number of carbonyl (C=O) groups is 2. The molecule has 2 fully saturated rings. The molecule has 132 valence electrons. The van der Waals surface area contributed by atoms with E-state index in [0.29, 0.717) is 6.54 Å². The number of piperidine rings is 1. The second-order valence-corrected chi connectivity index (χ2v) is 7.38. The van der Waals surface area contributed by atoms with Crippen molar-refractivity contribution < 1.29 is 9.59 Å². The summed E-state index contributed by atoms with van der Waals surface area (Å²) in [6, 6.07) is 1.84. The van der Waals surface area contributed by atoms with Crippen LogP contribution >= 0.6 is 0 Å². The first-order valence-corrected chi connectivity index (χ1v) is 9.05. The van der Waals surface area contributed by atoms with Gasteiger partial charge in [-0.2, -0.15) is 5.10 Å². The first-order valence-electron chi connectivity index (χ1n) is 9.05. The third kappa shape index (κ3) is 3.06. The van der Waals surface area contributed by atoms with Gasteiger partial charge < -0.3 is 9.80 Å². The molecular formula is C18H28N4O2. The Bertz CT molecular complexity index is 578. The molecule has 2 heterocycles. The lowest BCUT2D eigenvalue weighted by Gasteiger charge is -2.44. The van der Waals surface area contributed by atoms with Crippen molar-refractivity contribution in [3.05, 3.63) is 18.5 Å². The maximum atomic E-state index is 13.0. The molecule has 1 aromatic rings. The molecule has 0 radical (unpaired) electrons. The quantitative estimate of drug-likeness (QED) is 0.849. The van der Waals surface area contributed by atoms with Crippen LogP contribution in [-0.2, 0) is 15.1 Å². The number of amides is 2. The second kappa shape index (κ2) is 6.95. The fraction of sp³-hybridized carbons (Fsp3) is 0.722. The summed E-state index contributed by atoms with van der Waals surface area (Å²) in [6.07, 6.45) is 10.6. The van der Waals surface area contributed by atoms with E-state index in [1.165, 1.54) is 6.42 Å². The van der Waals surface area contributed by atoms with Crippen molar-refractivity contribution in [3.8, 4) is 0 Å². The Hall–Kier alpha value is -1.85. The first kappa shape index (κ1) is 17.0. The summed E-state index contributed by atoms with van der Waals surface area (Å²) in [5, 5.41) is 4.35. The van der Waals surface area contributed by atoms with Crippen molar-refractivity contribution in [2.75, 3.05) is 27.2 Å². The average molecular weight is 332 g/mol. The van der Waals surface area contributed by atoms with Gasteiger partial charge in [0, 0.05) is 39.0 Å². The van der Waals surface area contributed by atoms with E-state index in [-0.39, 0.29) is 17.7 Å². The summed E-state index contributed by atoms with van der Waals surface area (Å²) in [5.41, 5.74) is -0.768. The molecule has 1 aliphatic heterocycles. The van der Waals surface area contributed by atoms with Gasteiger partial charge in [0.1, 0.15) is 0 Å². The molecule has 0 spiro atoms. The maximum Gasteiger partial charge on any atom is 0.251 e. The Labute approximate surface area is 143 Å². The molecule has 2 amide bonds. The number of carbonyl (C=O) groups excluding carboxylic acids is 2. The second-order valence-electron chi connectivity index (χ2n) is 7.38. The maximum absolute atomic E-state index is 13.0. The van der Waals surface area contributed by atoms with E-state index in [1.54, 1.807) is 29.9 Å². The van der Waals surface area contributed by atoms with Gasteiger partial charge in [-0.15, -0.1) is 0 Å². The summed E-state index contributed by atoms with van der Waals surface area (Å²) < 4.78 is 1.76. The number of nitrogens with zero attached hydrogens (tertiary/aromatic N) is 4. The molecule has 1 saturated carbocycles. The van der Waals surface area contributed by atoms with E-state index >= 15 is 0 Å². The van der Waals surface area contributed by atoms with E-state index in [9.17, 15) is 9.59 Å². The lowest BCUT2D eigenvalue weighted by Crippen LogP contribution is -2.59. The molecule has 0 N–H and O–H groups in total. The van der Waals surface area contributed by atoms with Crippen LogP contribution in [0, 0.1) is 5.92 Å². The number of hydrogen-bond donors (Lipinski definition) is 0. The fourth-order valence-electron chi connectivity index (χ4n) is 4.23. The minimum absolute atomic E-state index is 0.0207. The zero-order valence-corrected chi connectivity index (χ0v) is 14.8. The molecule has 1 aromatic heterocycles. The largest absolute Gasteiger partial charge is 0.347 e. The number of rotatable bonds is 3. The first-order chi connectivity index (χ1) is 11.5. The summed E-state index contributed by atoms with van der Waals surface area (Å²) in [6.45, 7) is 1.18. The van der Waals surface area contributed by atoms with E-state index in [2.05, 4.69) is 5.10 Å². The molecule has 0 aromatic carbocycles. The summed E-state index contributed by atoms with van der Waals surface area (Å²) in [7, 11) is 3.55. The van der Waals surface area contributed by atoms with Gasteiger partial charge in [0.15, 0.2) is 5.54 Å². The molecule has 6 nitrogen and oxygen atoms in total. The third-order valence-corrected chi connectivity index (χ3v) is 5.48. The molecule has 1 aliphatic carbocycles. The smallest absolute Gasteiger partial charge is 0.251 e. The fourth-order valence-corrected chi connectivity index (χ4v) is 4.23. The van der Waals surface area contributed by atoms with E-state index in [1.807, 2.05) is 17.2 Å². The van der Waals surface area contributed by atoms with Gasteiger partial charge >= 0.3 is 0 Å². The molecule has 6 heteroatoms. The Morgan fingerprint density at radius 2 is 1.92 bits per heavy atom. The zero-order chi connectivity index (χ0) is 17.2. The minimum Gasteiger partial charge on any atom is -0.347 e. The summed E-state index contributed by atoms with van der Waals surface area (Å²) in [5.74, 6) is 0.395. The normalized spacial score (nSPS) is 25.5. The number of likely N-dealkylation sites (tertiary alicyclic amines) is 1. The molecule has 1 atom stereocenters. The number of aromatic nitrogens is 2. The highest BCUT2D eigenvalue weighted by molar-refractivity contribution is 5.86. The van der Waals surface area contributed by atoms with E-state index in [0.717, 1.165) is 45.1 Å². The summed E-state index contributed by atoms with van der Waals surface area (Å²) in [4.78, 5) is 29.5. The van der Waals surface area contributed by atoms with Crippen molar-refractivity contribution >= 4 is 11.8 Å². The topological polar surface area (TPSA) is 58.4 Å². The SMILES string of the molecule is CN(C)C(=O)C1(n2cccn2)CCCN(C(=O)C2CCCCC2)C1. The van der Waals surface area contributed by atoms with Crippen molar-refractivity contribution in [2.45, 2.75) is 50.5 Å². The Kier molecular flexibility index (Phi) is 4.92. The van der Waals surface area contributed by atoms with Gasteiger partial charge in [-0.25, -0.2) is 0 Å². The highest BCUT2D eigenvalue weighted by Gasteiger charge is 2.47. The highest BCUT2D eigenvalue weighted by atomic mass is 16.2. The molecule has 2 aliphatic rings. The van der Waals surface area contributed by atoms with Crippen LogP contribution < -0.4 is 0 Å². The van der Waals surface area contributed by atoms with Crippen LogP contribution in [0.25, 0.3) is 0 Å². The predicted octanol–water partition coefficient (Wildman–Crippen LogP) is 1.87.